The number of amides is 2. The molecule has 0 radical (unpaired) electrons. The smallest absolute Gasteiger partial charge is 0.358 e. The first-order valence-corrected chi connectivity index (χ1v) is 12.3. The Morgan fingerprint density at radius 1 is 1.28 bits per heavy atom. The van der Waals surface area contributed by atoms with E-state index in [9.17, 15) is 28.0 Å². The summed E-state index contributed by atoms with van der Waals surface area (Å²) < 4.78 is 39.9. The van der Waals surface area contributed by atoms with E-state index in [2.05, 4.69) is 29.5 Å². The lowest BCUT2D eigenvalue weighted by Crippen LogP contribution is -2.96. The van der Waals surface area contributed by atoms with Gasteiger partial charge in [-0.25, -0.2) is 14.9 Å². The monoisotopic (exact) mass is 511 g/mol. The fourth-order valence-corrected chi connectivity index (χ4v) is 5.61. The quantitative estimate of drug-likeness (QED) is 0.422. The van der Waals surface area contributed by atoms with Crippen LogP contribution in [0.2, 0.25) is 0 Å². The highest BCUT2D eigenvalue weighted by atomic mass is 19.4. The van der Waals surface area contributed by atoms with Gasteiger partial charge in [0.15, 0.2) is 0 Å². The van der Waals surface area contributed by atoms with Gasteiger partial charge in [-0.2, -0.15) is 13.2 Å². The molecule has 198 valence electrons. The van der Waals surface area contributed by atoms with Crippen molar-refractivity contribution in [2.75, 3.05) is 6.54 Å². The zero-order valence-corrected chi connectivity index (χ0v) is 20.6. The molecule has 2 fully saturated rings. The number of hydrogen-bond donors (Lipinski definition) is 4. The molecule has 12 heteroatoms. The van der Waals surface area contributed by atoms with Crippen molar-refractivity contribution in [1.29, 1.82) is 0 Å². The van der Waals surface area contributed by atoms with Crippen LogP contribution in [0.15, 0.2) is 40.2 Å². The molecule has 1 saturated carbocycles. The molecule has 2 heterocycles. The summed E-state index contributed by atoms with van der Waals surface area (Å²) >= 11 is 0. The van der Waals surface area contributed by atoms with E-state index < -0.39 is 23.8 Å². The van der Waals surface area contributed by atoms with Crippen molar-refractivity contribution in [1.82, 2.24) is 20.6 Å². The molecule has 0 bridgehead atoms. The van der Waals surface area contributed by atoms with Crippen molar-refractivity contribution in [3.05, 3.63) is 35.2 Å². The summed E-state index contributed by atoms with van der Waals surface area (Å²) in [6.07, 6.45) is 2.55. The van der Waals surface area contributed by atoms with E-state index in [0.717, 1.165) is 42.8 Å². The minimum atomic E-state index is -4.55. The molecule has 0 aromatic carbocycles. The van der Waals surface area contributed by atoms with Crippen molar-refractivity contribution >= 4 is 18.2 Å². The van der Waals surface area contributed by atoms with Gasteiger partial charge >= 0.3 is 12.1 Å². The molecule has 2 aliphatic carbocycles. The third-order valence-electron chi connectivity index (χ3n) is 7.11. The maximum Gasteiger partial charge on any atom is 0.416 e. The number of alkyl halides is 3. The van der Waals surface area contributed by atoms with Crippen LogP contribution >= 0.6 is 0 Å². The Balaban J connectivity index is 1.51. The van der Waals surface area contributed by atoms with Crippen LogP contribution in [0, 0.1) is 0 Å². The highest BCUT2D eigenvalue weighted by molar-refractivity contribution is 5.85. The lowest BCUT2D eigenvalue weighted by molar-refractivity contribution is -0.613. The molecule has 2 amide bonds. The summed E-state index contributed by atoms with van der Waals surface area (Å²) in [5.74, 6) is -0.0552. The molecule has 0 spiro atoms. The van der Waals surface area contributed by atoms with Gasteiger partial charge < -0.3 is 15.5 Å². The topological polar surface area (TPSA) is 114 Å². The first kappa shape index (κ1) is 26.4. The first-order valence-electron chi connectivity index (χ1n) is 12.3. The van der Waals surface area contributed by atoms with Crippen LogP contribution in [0.1, 0.15) is 46.5 Å². The average molecular weight is 512 g/mol. The summed E-state index contributed by atoms with van der Waals surface area (Å²) in [4.78, 5) is 31.2. The number of likely N-dealkylation sites (tertiary alicyclic amines) is 1. The van der Waals surface area contributed by atoms with Crippen LogP contribution in [0.25, 0.3) is 0 Å². The number of quaternary nitrogens is 1. The number of carbonyl (C=O) groups excluding carboxylic acids is 2. The highest BCUT2D eigenvalue weighted by Gasteiger charge is 2.45. The number of carbonyl (C=O) groups is 2. The van der Waals surface area contributed by atoms with Crippen LogP contribution < -0.4 is 16.0 Å². The van der Waals surface area contributed by atoms with Crippen molar-refractivity contribution in [2.45, 2.75) is 88.9 Å². The highest BCUT2D eigenvalue weighted by Crippen LogP contribution is 2.34. The Morgan fingerprint density at radius 2 is 2.03 bits per heavy atom. The maximum absolute atomic E-state index is 13.4. The fourth-order valence-electron chi connectivity index (χ4n) is 5.61. The molecular formula is C24H34F3N6O3+. The molecule has 5 N–H and O–H groups in total. The summed E-state index contributed by atoms with van der Waals surface area (Å²) in [6, 6.07) is -1.09. The Labute approximate surface area is 208 Å². The number of nitrogens with one attached hydrogen (secondary N) is 2. The number of hydroxylamine groups is 2. The van der Waals surface area contributed by atoms with Crippen molar-refractivity contribution in [3.63, 3.8) is 0 Å². The summed E-state index contributed by atoms with van der Waals surface area (Å²) in [7, 11) is 0. The predicted octanol–water partition coefficient (Wildman–Crippen LogP) is 0.946. The number of rotatable bonds is 6. The standard InChI is InChI=1S/C24H33F3N6O3/c1-13(2)29-16-5-7-21(19(11-16)30-14(3)34)32-9-8-18(23(32)35)31-22-17-10-15(24(25,26)27)4-6-20(17)33(36)12-28-22/h4,6,10,12-13,16,18-21,29,31,36H,5,7-9,11H2,1-3H3,(H,30,34)/p+1/t16-,18?,19?,20?,21+/m1/s1. The first-order chi connectivity index (χ1) is 16.9. The number of hydrogen-bond acceptors (Lipinski definition) is 7. The van der Waals surface area contributed by atoms with Gasteiger partial charge in [-0.05, 0) is 25.3 Å². The molecule has 3 unspecified atom stereocenters. The number of aliphatic imine (C=N–C) groups is 1. The summed E-state index contributed by atoms with van der Waals surface area (Å²) in [6.45, 7) is 6.16. The molecule has 0 aromatic heterocycles. The number of fused-ring (bicyclic) bond motifs is 1. The van der Waals surface area contributed by atoms with Crippen LogP contribution in [0.3, 0.4) is 0 Å². The normalized spacial score (nSPS) is 30.7. The second-order valence-electron chi connectivity index (χ2n) is 10.2. The largest absolute Gasteiger partial charge is 0.416 e. The van der Waals surface area contributed by atoms with E-state index >= 15 is 0 Å². The lowest BCUT2D eigenvalue weighted by atomic mass is 9.85. The minimum absolute atomic E-state index is 0.0303. The number of nitrogens with zero attached hydrogens (tertiary/aromatic N) is 3. The van der Waals surface area contributed by atoms with E-state index in [1.165, 1.54) is 13.0 Å². The summed E-state index contributed by atoms with van der Waals surface area (Å²) in [5.41, 5.74) is -0.712. The van der Waals surface area contributed by atoms with E-state index in [1.807, 2.05) is 0 Å². The second-order valence-corrected chi connectivity index (χ2v) is 10.2. The van der Waals surface area contributed by atoms with Crippen molar-refractivity contribution in [2.24, 2.45) is 4.99 Å². The molecule has 1 saturated heterocycles. The van der Waals surface area contributed by atoms with Crippen LogP contribution in [-0.4, -0.2) is 82.3 Å². The molecular weight excluding hydrogens is 477 g/mol. The SMILES string of the molecule is CC(=O)[NH2+]C1C[C@H](NC(C)C)CC[C@@H]1N1CCC(NC2=C3C=C(C(F)(F)F)C=CC3N(O)C=N2)C1=O. The lowest BCUT2D eigenvalue weighted by Gasteiger charge is -2.39. The minimum Gasteiger partial charge on any atom is -0.358 e. The molecule has 36 heavy (non-hydrogen) atoms. The van der Waals surface area contributed by atoms with E-state index in [0.29, 0.717) is 19.0 Å². The third kappa shape index (κ3) is 5.65. The average Bonchev–Trinajstić information content (AvgIpc) is 3.14. The van der Waals surface area contributed by atoms with Gasteiger partial charge in [0.1, 0.15) is 30.3 Å². The molecule has 4 rings (SSSR count). The molecule has 5 atom stereocenters. The Hall–Kier alpha value is -2.70. The van der Waals surface area contributed by atoms with Gasteiger partial charge in [-0.1, -0.05) is 26.0 Å². The second kappa shape index (κ2) is 10.3. The van der Waals surface area contributed by atoms with Crippen molar-refractivity contribution in [3.8, 4) is 0 Å². The van der Waals surface area contributed by atoms with E-state index in [-0.39, 0.29) is 41.3 Å². The number of primary amides is 1. The fraction of sp³-hybridized carbons (Fsp3) is 0.625. The zero-order chi connectivity index (χ0) is 26.2. The van der Waals surface area contributed by atoms with E-state index in [4.69, 9.17) is 0 Å². The Morgan fingerprint density at radius 3 is 2.69 bits per heavy atom. The van der Waals surface area contributed by atoms with Gasteiger partial charge in [0.2, 0.25) is 5.91 Å². The third-order valence-corrected chi connectivity index (χ3v) is 7.11. The molecule has 2 aliphatic heterocycles. The number of nitrogens with two attached hydrogens (primary N) is 1. The van der Waals surface area contributed by atoms with Gasteiger partial charge in [-0.15, -0.1) is 0 Å². The van der Waals surface area contributed by atoms with Gasteiger partial charge in [0, 0.05) is 30.6 Å². The van der Waals surface area contributed by atoms with Crippen molar-refractivity contribution < 1.29 is 33.3 Å². The maximum atomic E-state index is 13.4. The summed E-state index contributed by atoms with van der Waals surface area (Å²) in [5, 5.41) is 19.1. The zero-order valence-electron chi connectivity index (χ0n) is 20.6. The Bertz CT molecular complexity index is 1010. The van der Waals surface area contributed by atoms with E-state index in [1.54, 1.807) is 10.2 Å². The van der Waals surface area contributed by atoms with Gasteiger partial charge in [-0.3, -0.25) is 15.3 Å². The van der Waals surface area contributed by atoms with Crippen LogP contribution in [0.5, 0.6) is 0 Å². The molecule has 4 aliphatic rings. The molecule has 0 aromatic rings. The number of allylic oxidation sites excluding steroid dienone is 2. The number of halogens is 3. The molecule has 9 nitrogen and oxygen atoms in total. The van der Waals surface area contributed by atoms with Gasteiger partial charge in [0.25, 0.3) is 0 Å². The Kier molecular flexibility index (Phi) is 7.58. The predicted molar refractivity (Wildman–Crippen MR) is 126 cm³/mol. The van der Waals surface area contributed by atoms with Gasteiger partial charge in [0.05, 0.1) is 18.5 Å². The van der Waals surface area contributed by atoms with Crippen LogP contribution in [-0.2, 0) is 9.59 Å². The van der Waals surface area contributed by atoms with Crippen LogP contribution in [0.4, 0.5) is 13.2 Å².